The highest BCUT2D eigenvalue weighted by Crippen LogP contribution is 2.38. The molecule has 158 valence electrons. The van der Waals surface area contributed by atoms with Gasteiger partial charge in [-0.1, -0.05) is 17.7 Å². The smallest absolute Gasteiger partial charge is 0.289 e. The quantitative estimate of drug-likeness (QED) is 0.563. The monoisotopic (exact) mass is 431 g/mol. The van der Waals surface area contributed by atoms with Gasteiger partial charge in [0, 0.05) is 24.7 Å². The number of nitro benzene ring substituents is 1. The lowest BCUT2D eigenvalue weighted by atomic mass is 10.0. The van der Waals surface area contributed by atoms with Crippen molar-refractivity contribution in [3.05, 3.63) is 57.1 Å². The van der Waals surface area contributed by atoms with Crippen LogP contribution < -0.4 is 14.8 Å². The molecule has 0 saturated carbocycles. The van der Waals surface area contributed by atoms with Crippen molar-refractivity contribution in [3.63, 3.8) is 0 Å². The van der Waals surface area contributed by atoms with Crippen molar-refractivity contribution >= 4 is 28.9 Å². The average Bonchev–Trinajstić information content (AvgIpc) is 3.11. The highest BCUT2D eigenvalue weighted by atomic mass is 35.5. The molecule has 0 radical (unpaired) electrons. The molecule has 2 heterocycles. The number of halogens is 1. The number of ether oxygens (including phenoxy) is 2. The maximum absolute atomic E-state index is 12.9. The molecule has 1 unspecified atom stereocenters. The third kappa shape index (κ3) is 4.28. The third-order valence-corrected chi connectivity index (χ3v) is 5.64. The van der Waals surface area contributed by atoms with E-state index < -0.39 is 4.92 Å². The van der Waals surface area contributed by atoms with Crippen molar-refractivity contribution in [3.8, 4) is 11.5 Å². The van der Waals surface area contributed by atoms with Crippen LogP contribution in [0.3, 0.4) is 0 Å². The predicted octanol–water partition coefficient (Wildman–Crippen LogP) is 4.19. The van der Waals surface area contributed by atoms with Crippen LogP contribution in [0.5, 0.6) is 11.5 Å². The first-order valence-corrected chi connectivity index (χ1v) is 10.3. The topological polar surface area (TPSA) is 93.9 Å². The van der Waals surface area contributed by atoms with Gasteiger partial charge < -0.3 is 19.7 Å². The molecule has 0 aliphatic carbocycles. The molecule has 1 N–H and O–H groups in total. The molecule has 1 fully saturated rings. The Balaban J connectivity index is 1.45. The average molecular weight is 432 g/mol. The summed E-state index contributed by atoms with van der Waals surface area (Å²) in [6, 6.07) is 10.2. The van der Waals surface area contributed by atoms with Gasteiger partial charge >= 0.3 is 0 Å². The highest BCUT2D eigenvalue weighted by molar-refractivity contribution is 6.32. The van der Waals surface area contributed by atoms with E-state index in [1.165, 1.54) is 12.1 Å². The number of nitrogens with one attached hydrogen (secondary N) is 1. The number of carbonyl (C=O) groups is 1. The summed E-state index contributed by atoms with van der Waals surface area (Å²) in [4.78, 5) is 25.2. The van der Waals surface area contributed by atoms with E-state index in [9.17, 15) is 14.9 Å². The van der Waals surface area contributed by atoms with Crippen LogP contribution >= 0.6 is 11.6 Å². The number of hydrogen-bond acceptors (Lipinski definition) is 6. The zero-order chi connectivity index (χ0) is 21.1. The Morgan fingerprint density at radius 2 is 1.97 bits per heavy atom. The maximum atomic E-state index is 12.9. The van der Waals surface area contributed by atoms with Crippen molar-refractivity contribution in [2.75, 3.05) is 31.6 Å². The molecule has 2 aromatic rings. The molecule has 1 amide bonds. The van der Waals surface area contributed by atoms with E-state index in [1.54, 1.807) is 6.07 Å². The minimum Gasteiger partial charge on any atom is -0.490 e. The summed E-state index contributed by atoms with van der Waals surface area (Å²) < 4.78 is 11.5. The summed E-state index contributed by atoms with van der Waals surface area (Å²) in [5.74, 6) is 1.39. The number of hydrogen-bond donors (Lipinski definition) is 1. The highest BCUT2D eigenvalue weighted by Gasteiger charge is 2.30. The van der Waals surface area contributed by atoms with Crippen LogP contribution in [0.2, 0.25) is 5.02 Å². The van der Waals surface area contributed by atoms with Gasteiger partial charge in [0.2, 0.25) is 5.91 Å². The van der Waals surface area contributed by atoms with Gasteiger partial charge in [0.25, 0.3) is 5.69 Å². The summed E-state index contributed by atoms with van der Waals surface area (Å²) in [7, 11) is 0. The number of nitro groups is 1. The minimum atomic E-state index is -0.546. The van der Waals surface area contributed by atoms with E-state index >= 15 is 0 Å². The molecule has 4 rings (SSSR count). The molecule has 30 heavy (non-hydrogen) atoms. The summed E-state index contributed by atoms with van der Waals surface area (Å²) in [5.41, 5.74) is 1.30. The second kappa shape index (κ2) is 8.79. The Bertz CT molecular complexity index is 968. The molecule has 0 bridgehead atoms. The summed E-state index contributed by atoms with van der Waals surface area (Å²) >= 11 is 5.84. The number of rotatable bonds is 5. The number of anilines is 1. The van der Waals surface area contributed by atoms with Crippen LogP contribution in [-0.2, 0) is 4.79 Å². The fraction of sp³-hybridized carbons (Fsp3) is 0.381. The zero-order valence-corrected chi connectivity index (χ0v) is 17.1. The Hall–Kier alpha value is -3.00. The van der Waals surface area contributed by atoms with Gasteiger partial charge in [-0.15, -0.1) is 0 Å². The van der Waals surface area contributed by atoms with Crippen molar-refractivity contribution in [2.45, 2.75) is 25.3 Å². The second-order valence-corrected chi connectivity index (χ2v) is 7.69. The van der Waals surface area contributed by atoms with E-state index in [1.807, 2.05) is 23.1 Å². The van der Waals surface area contributed by atoms with Crippen LogP contribution in [0.4, 0.5) is 11.4 Å². The van der Waals surface area contributed by atoms with Crippen molar-refractivity contribution in [1.29, 1.82) is 0 Å². The molecule has 2 aliphatic heterocycles. The van der Waals surface area contributed by atoms with Crippen LogP contribution in [0.1, 0.15) is 30.9 Å². The first kappa shape index (κ1) is 20.3. The van der Waals surface area contributed by atoms with E-state index in [0.717, 1.165) is 36.3 Å². The Morgan fingerprint density at radius 3 is 2.77 bits per heavy atom. The van der Waals surface area contributed by atoms with E-state index in [-0.39, 0.29) is 29.2 Å². The standard InChI is InChI=1S/C21H22ClN3O5/c22-16-6-5-15(12-18(16)25(27)28)23-13-21(26)24-8-1-3-17(24)14-4-7-19-20(11-14)30-10-2-9-29-19/h4-7,11-12,17,23H,1-3,8-10,13H2. The molecular weight excluding hydrogens is 410 g/mol. The van der Waals surface area contributed by atoms with Gasteiger partial charge in [0.1, 0.15) is 5.02 Å². The first-order chi connectivity index (χ1) is 14.5. The number of fused-ring (bicyclic) bond motifs is 1. The summed E-state index contributed by atoms with van der Waals surface area (Å²) in [5, 5.41) is 14.1. The van der Waals surface area contributed by atoms with Gasteiger partial charge in [-0.05, 0) is 42.7 Å². The van der Waals surface area contributed by atoms with Crippen LogP contribution in [0.15, 0.2) is 36.4 Å². The third-order valence-electron chi connectivity index (χ3n) is 5.32. The lowest BCUT2D eigenvalue weighted by Crippen LogP contribution is -2.35. The van der Waals surface area contributed by atoms with Gasteiger partial charge in [0.15, 0.2) is 11.5 Å². The summed E-state index contributed by atoms with van der Waals surface area (Å²) in [6.07, 6.45) is 2.63. The SMILES string of the molecule is O=C(CNc1ccc(Cl)c([N+](=O)[O-])c1)N1CCCC1c1ccc2c(c1)OCCCO2. The Labute approximate surface area is 178 Å². The van der Waals surface area contributed by atoms with Crippen molar-refractivity contribution in [1.82, 2.24) is 4.90 Å². The molecular formula is C21H22ClN3O5. The van der Waals surface area contributed by atoms with E-state index in [4.69, 9.17) is 21.1 Å². The van der Waals surface area contributed by atoms with Crippen molar-refractivity contribution in [2.24, 2.45) is 0 Å². The van der Waals surface area contributed by atoms with Gasteiger partial charge in [-0.3, -0.25) is 14.9 Å². The van der Waals surface area contributed by atoms with E-state index in [2.05, 4.69) is 5.32 Å². The fourth-order valence-electron chi connectivity index (χ4n) is 3.84. The van der Waals surface area contributed by atoms with Crippen LogP contribution in [-0.4, -0.2) is 42.0 Å². The largest absolute Gasteiger partial charge is 0.490 e. The maximum Gasteiger partial charge on any atom is 0.289 e. The molecule has 8 nitrogen and oxygen atoms in total. The second-order valence-electron chi connectivity index (χ2n) is 7.28. The number of carbonyl (C=O) groups excluding carboxylic acids is 1. The molecule has 0 aromatic heterocycles. The number of likely N-dealkylation sites (tertiary alicyclic amines) is 1. The molecule has 2 aromatic carbocycles. The molecule has 9 heteroatoms. The van der Waals surface area contributed by atoms with Gasteiger partial charge in [-0.2, -0.15) is 0 Å². The lowest BCUT2D eigenvalue weighted by molar-refractivity contribution is -0.384. The number of nitrogens with zero attached hydrogens (tertiary/aromatic N) is 2. The zero-order valence-electron chi connectivity index (χ0n) is 16.3. The van der Waals surface area contributed by atoms with Crippen molar-refractivity contribution < 1.29 is 19.2 Å². The Morgan fingerprint density at radius 1 is 1.17 bits per heavy atom. The number of amides is 1. The minimum absolute atomic E-state index is 0.0315. The molecule has 1 atom stereocenters. The molecule has 1 saturated heterocycles. The van der Waals surface area contributed by atoms with Crippen LogP contribution in [0.25, 0.3) is 0 Å². The normalized spacial score (nSPS) is 18.0. The molecule has 2 aliphatic rings. The first-order valence-electron chi connectivity index (χ1n) is 9.90. The fourth-order valence-corrected chi connectivity index (χ4v) is 4.03. The predicted molar refractivity (Wildman–Crippen MR) is 112 cm³/mol. The summed E-state index contributed by atoms with van der Waals surface area (Å²) in [6.45, 7) is 1.95. The van der Waals surface area contributed by atoms with Gasteiger partial charge in [0.05, 0.1) is 30.7 Å². The number of benzene rings is 2. The molecule has 0 spiro atoms. The van der Waals surface area contributed by atoms with E-state index in [0.29, 0.717) is 25.4 Å². The van der Waals surface area contributed by atoms with Crippen LogP contribution in [0, 0.1) is 10.1 Å². The Kier molecular flexibility index (Phi) is 5.94. The lowest BCUT2D eigenvalue weighted by Gasteiger charge is -2.26. The van der Waals surface area contributed by atoms with Gasteiger partial charge in [-0.25, -0.2) is 0 Å².